The third-order valence-corrected chi connectivity index (χ3v) is 4.45. The summed E-state index contributed by atoms with van der Waals surface area (Å²) in [4.78, 5) is 23.5. The Bertz CT molecular complexity index is 786. The van der Waals surface area contributed by atoms with Crippen LogP contribution >= 0.6 is 0 Å². The molecule has 0 saturated carbocycles. The third-order valence-electron chi connectivity index (χ3n) is 4.45. The molecule has 0 aliphatic carbocycles. The van der Waals surface area contributed by atoms with Gasteiger partial charge in [0.25, 0.3) is 0 Å². The second-order valence-electron chi connectivity index (χ2n) is 6.49. The molecule has 1 aliphatic heterocycles. The first-order valence-electron chi connectivity index (χ1n) is 8.49. The van der Waals surface area contributed by atoms with Crippen molar-refractivity contribution in [3.05, 3.63) is 45.5 Å². The number of aromatic nitrogens is 2. The van der Waals surface area contributed by atoms with Crippen molar-refractivity contribution in [3.63, 3.8) is 0 Å². The number of rotatable bonds is 5. The van der Waals surface area contributed by atoms with Crippen molar-refractivity contribution in [2.75, 3.05) is 49.2 Å². The van der Waals surface area contributed by atoms with E-state index in [1.54, 1.807) is 0 Å². The first-order chi connectivity index (χ1) is 12.4. The summed E-state index contributed by atoms with van der Waals surface area (Å²) in [5.41, 5.74) is 7.90. The number of nitro groups is 1. The average molecular weight is 357 g/mol. The summed E-state index contributed by atoms with van der Waals surface area (Å²) in [5.74, 6) is 0.454. The highest BCUT2D eigenvalue weighted by Crippen LogP contribution is 2.32. The van der Waals surface area contributed by atoms with Gasteiger partial charge in [0.1, 0.15) is 0 Å². The van der Waals surface area contributed by atoms with E-state index >= 15 is 0 Å². The van der Waals surface area contributed by atoms with Crippen molar-refractivity contribution < 1.29 is 4.92 Å². The van der Waals surface area contributed by atoms with Crippen LogP contribution in [0.4, 0.5) is 23.3 Å². The molecule has 0 atom stereocenters. The molecule has 1 aromatic carbocycles. The lowest BCUT2D eigenvalue weighted by Crippen LogP contribution is -2.45. The summed E-state index contributed by atoms with van der Waals surface area (Å²) in [7, 11) is 2.02. The molecule has 0 amide bonds. The van der Waals surface area contributed by atoms with Crippen LogP contribution in [0.5, 0.6) is 0 Å². The lowest BCUT2D eigenvalue weighted by molar-refractivity contribution is -0.383. The molecule has 0 bridgehead atoms. The van der Waals surface area contributed by atoms with Crippen LogP contribution in [-0.4, -0.2) is 53.0 Å². The smallest absolute Gasteiger partial charge is 0.353 e. The number of piperazine rings is 1. The second kappa shape index (κ2) is 7.52. The minimum absolute atomic E-state index is 0.120. The summed E-state index contributed by atoms with van der Waals surface area (Å²) >= 11 is 0. The normalized spacial score (nSPS) is 15.1. The van der Waals surface area contributed by atoms with E-state index in [2.05, 4.69) is 20.2 Å². The van der Waals surface area contributed by atoms with Crippen LogP contribution in [0.15, 0.2) is 24.3 Å². The van der Waals surface area contributed by atoms with Gasteiger partial charge in [-0.15, -0.1) is 0 Å². The van der Waals surface area contributed by atoms with Crippen molar-refractivity contribution in [2.45, 2.75) is 13.5 Å². The molecule has 26 heavy (non-hydrogen) atoms. The zero-order valence-electron chi connectivity index (χ0n) is 15.0. The van der Waals surface area contributed by atoms with E-state index in [0.717, 1.165) is 18.7 Å². The number of likely N-dealkylation sites (N-methyl/N-ethyl adjacent to an activating group) is 1. The first-order valence-corrected chi connectivity index (χ1v) is 8.49. The first kappa shape index (κ1) is 17.9. The van der Waals surface area contributed by atoms with Gasteiger partial charge in [0, 0.05) is 32.7 Å². The highest BCUT2D eigenvalue weighted by Gasteiger charge is 2.29. The molecule has 1 aliphatic rings. The number of nitrogens with zero attached hydrogens (tertiary/aromatic N) is 5. The molecular weight excluding hydrogens is 334 g/mol. The van der Waals surface area contributed by atoms with Gasteiger partial charge >= 0.3 is 5.69 Å². The topological polar surface area (TPSA) is 113 Å². The fraction of sp³-hybridized carbons (Fsp3) is 0.412. The van der Waals surface area contributed by atoms with Crippen molar-refractivity contribution in [1.82, 2.24) is 14.9 Å². The quantitative estimate of drug-likeness (QED) is 0.613. The zero-order chi connectivity index (χ0) is 18.7. The number of anilines is 3. The molecule has 1 saturated heterocycles. The summed E-state index contributed by atoms with van der Waals surface area (Å²) in [5, 5.41) is 14.6. The number of hydrogen-bond acceptors (Lipinski definition) is 8. The van der Waals surface area contributed by atoms with Gasteiger partial charge in [0.2, 0.25) is 17.6 Å². The molecule has 1 fully saturated rings. The highest BCUT2D eigenvalue weighted by atomic mass is 16.6. The Morgan fingerprint density at radius 1 is 1.19 bits per heavy atom. The molecule has 0 unspecified atom stereocenters. The summed E-state index contributed by atoms with van der Waals surface area (Å²) in [6, 6.07) is 8.08. The van der Waals surface area contributed by atoms with E-state index in [0.29, 0.717) is 25.6 Å². The van der Waals surface area contributed by atoms with Gasteiger partial charge in [0.05, 0.1) is 4.92 Å². The lowest BCUT2D eigenvalue weighted by atomic mass is 10.1. The predicted octanol–water partition coefficient (Wildman–Crippen LogP) is 1.64. The number of nitrogen functional groups attached to an aromatic ring is 1. The Morgan fingerprint density at radius 3 is 2.46 bits per heavy atom. The van der Waals surface area contributed by atoms with Gasteiger partial charge in [-0.25, -0.2) is 0 Å². The van der Waals surface area contributed by atoms with Crippen LogP contribution in [0.3, 0.4) is 0 Å². The maximum Gasteiger partial charge on any atom is 0.353 e. The Hall–Kier alpha value is -2.94. The number of aryl methyl sites for hydroxylation is 1. The van der Waals surface area contributed by atoms with Crippen LogP contribution in [0, 0.1) is 17.0 Å². The molecule has 9 heteroatoms. The van der Waals surface area contributed by atoms with E-state index in [1.807, 2.05) is 43.1 Å². The standard InChI is InChI=1S/C17H23N7O2/c1-12-3-5-13(6-4-12)11-19-17-20-15(18)14(24(25)26)16(21-17)23-9-7-22(2)8-10-23/h3-6H,7-11H2,1-2H3,(H3,18,19,20,21). The van der Waals surface area contributed by atoms with Gasteiger partial charge < -0.3 is 20.9 Å². The third kappa shape index (κ3) is 3.99. The molecule has 2 heterocycles. The van der Waals surface area contributed by atoms with Crippen molar-refractivity contribution in [2.24, 2.45) is 0 Å². The molecule has 1 aromatic heterocycles. The van der Waals surface area contributed by atoms with Crippen LogP contribution < -0.4 is 16.0 Å². The monoisotopic (exact) mass is 357 g/mol. The van der Waals surface area contributed by atoms with Gasteiger partial charge in [0.15, 0.2) is 0 Å². The van der Waals surface area contributed by atoms with Crippen molar-refractivity contribution in [1.29, 1.82) is 0 Å². The van der Waals surface area contributed by atoms with Gasteiger partial charge in [-0.2, -0.15) is 9.97 Å². The fourth-order valence-corrected chi connectivity index (χ4v) is 2.84. The molecule has 0 spiro atoms. The maximum absolute atomic E-state index is 11.5. The maximum atomic E-state index is 11.5. The molecule has 3 rings (SSSR count). The predicted molar refractivity (Wildman–Crippen MR) is 101 cm³/mol. The lowest BCUT2D eigenvalue weighted by Gasteiger charge is -2.32. The van der Waals surface area contributed by atoms with Gasteiger partial charge in [-0.05, 0) is 19.5 Å². The summed E-state index contributed by atoms with van der Waals surface area (Å²) in [6.07, 6.45) is 0. The molecule has 0 radical (unpaired) electrons. The Kier molecular flexibility index (Phi) is 5.17. The minimum Gasteiger partial charge on any atom is -0.378 e. The summed E-state index contributed by atoms with van der Waals surface area (Å²) < 4.78 is 0. The van der Waals surface area contributed by atoms with Crippen LogP contribution in [0.25, 0.3) is 0 Å². The fourth-order valence-electron chi connectivity index (χ4n) is 2.84. The van der Waals surface area contributed by atoms with E-state index < -0.39 is 4.92 Å². The Labute approximate surface area is 152 Å². The minimum atomic E-state index is -0.507. The SMILES string of the molecule is Cc1ccc(CNc2nc(N)c([N+](=O)[O-])c(N3CCN(C)CC3)n2)cc1. The van der Waals surface area contributed by atoms with Crippen molar-refractivity contribution in [3.8, 4) is 0 Å². The molecule has 9 nitrogen and oxygen atoms in total. The zero-order valence-corrected chi connectivity index (χ0v) is 15.0. The van der Waals surface area contributed by atoms with Crippen LogP contribution in [-0.2, 0) is 6.54 Å². The van der Waals surface area contributed by atoms with E-state index in [9.17, 15) is 10.1 Å². The van der Waals surface area contributed by atoms with Crippen LogP contribution in [0.2, 0.25) is 0 Å². The molecule has 2 aromatic rings. The van der Waals surface area contributed by atoms with E-state index in [1.165, 1.54) is 5.56 Å². The van der Waals surface area contributed by atoms with Gasteiger partial charge in [-0.3, -0.25) is 10.1 Å². The largest absolute Gasteiger partial charge is 0.378 e. The average Bonchev–Trinajstić information content (AvgIpc) is 2.61. The van der Waals surface area contributed by atoms with Crippen molar-refractivity contribution >= 4 is 23.3 Å². The van der Waals surface area contributed by atoms with Crippen LogP contribution in [0.1, 0.15) is 11.1 Å². The highest BCUT2D eigenvalue weighted by molar-refractivity contribution is 5.71. The second-order valence-corrected chi connectivity index (χ2v) is 6.49. The van der Waals surface area contributed by atoms with E-state index in [4.69, 9.17) is 5.73 Å². The molecular formula is C17H23N7O2. The number of hydrogen-bond donors (Lipinski definition) is 2. The number of nitrogens with one attached hydrogen (secondary N) is 1. The van der Waals surface area contributed by atoms with Gasteiger partial charge in [-0.1, -0.05) is 29.8 Å². The number of benzene rings is 1. The number of nitrogens with two attached hydrogens (primary N) is 1. The van der Waals surface area contributed by atoms with E-state index in [-0.39, 0.29) is 17.3 Å². The molecule has 3 N–H and O–H groups in total. The Morgan fingerprint density at radius 2 is 1.85 bits per heavy atom. The molecule has 138 valence electrons. The summed E-state index contributed by atoms with van der Waals surface area (Å²) in [6.45, 7) is 5.48. The Balaban J connectivity index is 1.84.